The first-order valence-electron chi connectivity index (χ1n) is 11.3. The highest BCUT2D eigenvalue weighted by molar-refractivity contribution is 7.25. The number of thiophene rings is 1. The van der Waals surface area contributed by atoms with Gasteiger partial charge >= 0.3 is 0 Å². The summed E-state index contributed by atoms with van der Waals surface area (Å²) < 4.78 is 7.73. The van der Waals surface area contributed by atoms with Gasteiger partial charge in [0.1, 0.15) is 16.4 Å². The molecule has 0 unspecified atom stereocenters. The zero-order chi connectivity index (χ0) is 23.7. The van der Waals surface area contributed by atoms with Gasteiger partial charge in [-0.25, -0.2) is 9.97 Å². The fraction of sp³-hybridized carbons (Fsp3) is 0.148. The number of aromatic nitrogens is 3. The molecule has 1 saturated carbocycles. The van der Waals surface area contributed by atoms with E-state index in [-0.39, 0.29) is 22.9 Å². The molecule has 0 aliphatic heterocycles. The monoisotopic (exact) mass is 499 g/mol. The summed E-state index contributed by atoms with van der Waals surface area (Å²) in [4.78, 5) is 23.7. The summed E-state index contributed by atoms with van der Waals surface area (Å²) in [5, 5.41) is 14.3. The number of hydrogen-bond acceptors (Lipinski definition) is 6. The first kappa shape index (κ1) is 20.7. The topological polar surface area (TPSA) is 81.2 Å². The lowest BCUT2D eigenvalue weighted by Gasteiger charge is -2.16. The predicted molar refractivity (Wildman–Crippen MR) is 139 cm³/mol. The molecule has 1 N–H and O–H groups in total. The minimum Gasteiger partial charge on any atom is -0.505 e. The van der Waals surface area contributed by atoms with E-state index in [1.54, 1.807) is 22.9 Å². The molecule has 3 aromatic heterocycles. The van der Waals surface area contributed by atoms with Gasteiger partial charge in [-0.2, -0.15) is 0 Å². The Kier molecular flexibility index (Phi) is 4.53. The van der Waals surface area contributed by atoms with Gasteiger partial charge in [-0.3, -0.25) is 9.36 Å². The summed E-state index contributed by atoms with van der Waals surface area (Å²) >= 11 is 7.44. The first-order chi connectivity index (χ1) is 17.1. The number of fused-ring (bicyclic) bond motifs is 4. The summed E-state index contributed by atoms with van der Waals surface area (Å²) in [7, 11) is 0. The van der Waals surface area contributed by atoms with E-state index in [2.05, 4.69) is 35.3 Å². The molecular weight excluding hydrogens is 482 g/mol. The number of phenolic OH excluding ortho intramolecular Hbond substituents is 1. The summed E-state index contributed by atoms with van der Waals surface area (Å²) in [6, 6.07) is 15.9. The third-order valence-electron chi connectivity index (χ3n) is 6.68. The lowest BCUT2D eigenvalue weighted by Crippen LogP contribution is -2.24. The maximum Gasteiger partial charge on any atom is 0.263 e. The van der Waals surface area contributed by atoms with Crippen LogP contribution in [0.1, 0.15) is 30.1 Å². The maximum atomic E-state index is 14.0. The molecule has 0 amide bonds. The molecule has 3 aromatic carbocycles. The van der Waals surface area contributed by atoms with Crippen LogP contribution in [0.2, 0.25) is 5.02 Å². The Morgan fingerprint density at radius 3 is 2.77 bits per heavy atom. The predicted octanol–water partition coefficient (Wildman–Crippen LogP) is 6.70. The van der Waals surface area contributed by atoms with Crippen LogP contribution in [0.25, 0.3) is 42.5 Å². The maximum absolute atomic E-state index is 14.0. The Morgan fingerprint density at radius 1 is 1.11 bits per heavy atom. The van der Waals surface area contributed by atoms with E-state index >= 15 is 0 Å². The van der Waals surface area contributed by atoms with Crippen LogP contribution in [0.3, 0.4) is 0 Å². The molecule has 1 aliphatic rings. The average molecular weight is 500 g/mol. The van der Waals surface area contributed by atoms with Crippen molar-refractivity contribution in [2.24, 2.45) is 0 Å². The molecule has 0 radical (unpaired) electrons. The highest BCUT2D eigenvalue weighted by atomic mass is 35.5. The van der Waals surface area contributed by atoms with Gasteiger partial charge in [0.15, 0.2) is 12.1 Å². The molecule has 0 bridgehead atoms. The average Bonchev–Trinajstić information content (AvgIpc) is 3.44. The number of nitrogens with zero attached hydrogens (tertiary/aromatic N) is 3. The van der Waals surface area contributed by atoms with Crippen LogP contribution >= 0.6 is 22.9 Å². The number of hydrogen-bond donors (Lipinski definition) is 1. The molecular formula is C27H18ClN3O3S. The second-order valence-electron chi connectivity index (χ2n) is 8.87. The quantitative estimate of drug-likeness (QED) is 0.292. The van der Waals surface area contributed by atoms with E-state index in [4.69, 9.17) is 21.0 Å². The zero-order valence-corrected chi connectivity index (χ0v) is 19.9. The molecule has 0 saturated heterocycles. The van der Waals surface area contributed by atoms with Crippen LogP contribution in [0.15, 0.2) is 70.3 Å². The SMILES string of the molecule is O=c1c2c(nc(-c3ccc4ccccc4c3C3CC3)n1Cc1cnco1)sc1c(O)c(Cl)ccc12. The Morgan fingerprint density at radius 2 is 1.97 bits per heavy atom. The van der Waals surface area contributed by atoms with Crippen molar-refractivity contribution in [2.45, 2.75) is 25.3 Å². The van der Waals surface area contributed by atoms with Crippen molar-refractivity contribution in [3.8, 4) is 17.1 Å². The number of halogens is 1. The number of oxazole rings is 1. The molecule has 1 aliphatic carbocycles. The van der Waals surface area contributed by atoms with Crippen LogP contribution in [-0.2, 0) is 6.54 Å². The summed E-state index contributed by atoms with van der Waals surface area (Å²) in [5.41, 5.74) is 1.99. The standard InChI is InChI=1S/C27H18ClN3O3S/c28-20-10-9-18-22-26(35-24(18)23(20)32)30-25(31(27(22)33)12-16-11-29-13-34-16)19-8-7-14-3-1-2-4-17(14)21(19)15-5-6-15/h1-4,7-11,13,15,32H,5-6,12H2. The molecule has 1 fully saturated rings. The van der Waals surface area contributed by atoms with E-state index in [1.165, 1.54) is 34.1 Å². The second-order valence-corrected chi connectivity index (χ2v) is 10.3. The number of rotatable bonds is 4. The first-order valence-corrected chi connectivity index (χ1v) is 12.5. The van der Waals surface area contributed by atoms with Crippen molar-refractivity contribution in [3.63, 3.8) is 0 Å². The van der Waals surface area contributed by atoms with Crippen molar-refractivity contribution in [1.29, 1.82) is 0 Å². The van der Waals surface area contributed by atoms with Crippen molar-refractivity contribution in [3.05, 3.63) is 87.8 Å². The van der Waals surface area contributed by atoms with Gasteiger partial charge in [0.05, 0.1) is 27.9 Å². The molecule has 35 heavy (non-hydrogen) atoms. The van der Waals surface area contributed by atoms with E-state index < -0.39 is 0 Å². The molecule has 6 nitrogen and oxygen atoms in total. The van der Waals surface area contributed by atoms with Crippen LogP contribution in [0.5, 0.6) is 5.75 Å². The Bertz CT molecular complexity index is 1830. The van der Waals surface area contributed by atoms with Gasteiger partial charge in [0, 0.05) is 10.9 Å². The molecule has 8 heteroatoms. The smallest absolute Gasteiger partial charge is 0.263 e. The molecule has 6 aromatic rings. The van der Waals surface area contributed by atoms with E-state index in [9.17, 15) is 9.90 Å². The normalized spacial score (nSPS) is 13.9. The van der Waals surface area contributed by atoms with Crippen LogP contribution < -0.4 is 5.56 Å². The van der Waals surface area contributed by atoms with Crippen LogP contribution in [0, 0.1) is 0 Å². The van der Waals surface area contributed by atoms with Crippen molar-refractivity contribution >= 4 is 54.0 Å². The molecule has 0 spiro atoms. The van der Waals surface area contributed by atoms with Crippen molar-refractivity contribution < 1.29 is 9.52 Å². The Labute approximate surface area is 208 Å². The highest BCUT2D eigenvalue weighted by Crippen LogP contribution is 2.48. The van der Waals surface area contributed by atoms with Gasteiger partial charge in [0.2, 0.25) is 0 Å². The van der Waals surface area contributed by atoms with Gasteiger partial charge in [0.25, 0.3) is 5.56 Å². The summed E-state index contributed by atoms with van der Waals surface area (Å²) in [5.74, 6) is 1.56. The van der Waals surface area contributed by atoms with Gasteiger partial charge in [-0.15, -0.1) is 11.3 Å². The van der Waals surface area contributed by atoms with E-state index in [0.717, 1.165) is 18.4 Å². The molecule has 7 rings (SSSR count). The lowest BCUT2D eigenvalue weighted by atomic mass is 9.95. The van der Waals surface area contributed by atoms with Crippen LogP contribution in [0.4, 0.5) is 0 Å². The van der Waals surface area contributed by atoms with Gasteiger partial charge in [-0.1, -0.05) is 54.1 Å². The third kappa shape index (κ3) is 3.19. The largest absolute Gasteiger partial charge is 0.505 e. The number of aromatic hydroxyl groups is 1. The molecule has 0 atom stereocenters. The van der Waals surface area contributed by atoms with Crippen LogP contribution in [-0.4, -0.2) is 19.6 Å². The Balaban J connectivity index is 1.59. The summed E-state index contributed by atoms with van der Waals surface area (Å²) in [6.07, 6.45) is 5.20. The summed E-state index contributed by atoms with van der Waals surface area (Å²) in [6.45, 7) is 0.199. The van der Waals surface area contributed by atoms with Gasteiger partial charge < -0.3 is 9.52 Å². The second kappa shape index (κ2) is 7.66. The number of benzene rings is 3. The lowest BCUT2D eigenvalue weighted by molar-refractivity contribution is 0.482. The fourth-order valence-corrected chi connectivity index (χ4v) is 6.24. The molecule has 172 valence electrons. The number of phenols is 1. The Hall–Kier alpha value is -3.68. The minimum atomic E-state index is -0.190. The molecule has 3 heterocycles. The van der Waals surface area contributed by atoms with E-state index in [1.807, 2.05) is 6.07 Å². The van der Waals surface area contributed by atoms with E-state index in [0.29, 0.717) is 37.8 Å². The zero-order valence-electron chi connectivity index (χ0n) is 18.4. The highest BCUT2D eigenvalue weighted by Gasteiger charge is 2.30. The van der Waals surface area contributed by atoms with Crippen molar-refractivity contribution in [2.75, 3.05) is 0 Å². The third-order valence-corrected chi connectivity index (χ3v) is 8.09. The fourth-order valence-electron chi connectivity index (χ4n) is 4.91. The minimum absolute atomic E-state index is 0.0284. The van der Waals surface area contributed by atoms with Crippen molar-refractivity contribution in [1.82, 2.24) is 14.5 Å². The van der Waals surface area contributed by atoms with Gasteiger partial charge in [-0.05, 0) is 41.2 Å².